The molecule has 0 fully saturated rings. The molecule has 1 aliphatic rings. The van der Waals surface area contributed by atoms with Gasteiger partial charge in [-0.3, -0.25) is 0 Å². The molecule has 0 atom stereocenters. The summed E-state index contributed by atoms with van der Waals surface area (Å²) in [4.78, 5) is 16.9. The Hall–Kier alpha value is -1.32. The molecule has 66 valence electrons. The molecule has 0 saturated carbocycles. The second-order valence-corrected chi connectivity index (χ2v) is 2.78. The standard InChI is InChI=1S/C8H12N2O2/c1-6-4-10(2)5-9-7(6)8(11)12-3/h5H,4H2,1-3H3. The minimum atomic E-state index is -0.364. The molecule has 0 unspecified atom stereocenters. The van der Waals surface area contributed by atoms with Crippen molar-refractivity contribution in [3.05, 3.63) is 11.3 Å². The molecule has 0 aromatic heterocycles. The summed E-state index contributed by atoms with van der Waals surface area (Å²) in [6.07, 6.45) is 1.62. The first-order chi connectivity index (χ1) is 5.65. The maximum atomic E-state index is 11.1. The van der Waals surface area contributed by atoms with Crippen molar-refractivity contribution in [2.75, 3.05) is 20.7 Å². The predicted molar refractivity (Wildman–Crippen MR) is 45.8 cm³/mol. The molecule has 0 aliphatic carbocycles. The van der Waals surface area contributed by atoms with Crippen LogP contribution in [0, 0.1) is 0 Å². The lowest BCUT2D eigenvalue weighted by atomic mass is 10.2. The molecule has 12 heavy (non-hydrogen) atoms. The lowest BCUT2D eigenvalue weighted by Gasteiger charge is -2.19. The van der Waals surface area contributed by atoms with Crippen LogP contribution in [0.3, 0.4) is 0 Å². The molecule has 0 aromatic rings. The van der Waals surface area contributed by atoms with Crippen molar-refractivity contribution in [1.82, 2.24) is 4.90 Å². The summed E-state index contributed by atoms with van der Waals surface area (Å²) < 4.78 is 4.57. The van der Waals surface area contributed by atoms with Crippen molar-refractivity contribution in [3.63, 3.8) is 0 Å². The van der Waals surface area contributed by atoms with E-state index >= 15 is 0 Å². The zero-order chi connectivity index (χ0) is 9.14. The molecule has 1 rings (SSSR count). The Morgan fingerprint density at radius 3 is 2.92 bits per heavy atom. The maximum Gasteiger partial charge on any atom is 0.356 e. The molecule has 0 N–H and O–H groups in total. The number of carbonyl (C=O) groups excluding carboxylic acids is 1. The first-order valence-corrected chi connectivity index (χ1v) is 3.67. The highest BCUT2D eigenvalue weighted by atomic mass is 16.5. The average molecular weight is 168 g/mol. The fourth-order valence-electron chi connectivity index (χ4n) is 1.08. The van der Waals surface area contributed by atoms with E-state index in [1.165, 1.54) is 7.11 Å². The van der Waals surface area contributed by atoms with E-state index in [1.54, 1.807) is 6.34 Å². The monoisotopic (exact) mass is 168 g/mol. The summed E-state index contributed by atoms with van der Waals surface area (Å²) in [6.45, 7) is 2.60. The van der Waals surface area contributed by atoms with Gasteiger partial charge in [-0.1, -0.05) is 0 Å². The Balaban J connectivity index is 2.84. The number of hydrogen-bond donors (Lipinski definition) is 0. The van der Waals surface area contributed by atoms with E-state index in [4.69, 9.17) is 0 Å². The minimum absolute atomic E-state index is 0.364. The van der Waals surface area contributed by atoms with E-state index in [0.717, 1.165) is 12.1 Å². The van der Waals surface area contributed by atoms with Crippen molar-refractivity contribution in [3.8, 4) is 0 Å². The highest BCUT2D eigenvalue weighted by molar-refractivity contribution is 5.91. The molecule has 0 saturated heterocycles. The summed E-state index contributed by atoms with van der Waals surface area (Å²) in [5, 5.41) is 0. The maximum absolute atomic E-state index is 11.1. The molecular weight excluding hydrogens is 156 g/mol. The van der Waals surface area contributed by atoms with E-state index in [2.05, 4.69) is 9.73 Å². The van der Waals surface area contributed by atoms with Crippen LogP contribution in [-0.2, 0) is 9.53 Å². The van der Waals surface area contributed by atoms with Crippen LogP contribution in [0.2, 0.25) is 0 Å². The van der Waals surface area contributed by atoms with Gasteiger partial charge in [0, 0.05) is 13.6 Å². The van der Waals surface area contributed by atoms with Crippen LogP contribution in [0.25, 0.3) is 0 Å². The van der Waals surface area contributed by atoms with Gasteiger partial charge < -0.3 is 9.64 Å². The summed E-state index contributed by atoms with van der Waals surface area (Å²) in [7, 11) is 3.26. The third-order valence-electron chi connectivity index (χ3n) is 1.65. The van der Waals surface area contributed by atoms with E-state index in [-0.39, 0.29) is 5.97 Å². The number of rotatable bonds is 1. The molecule has 4 nitrogen and oxygen atoms in total. The Kier molecular flexibility index (Phi) is 2.47. The summed E-state index contributed by atoms with van der Waals surface area (Å²) in [5.74, 6) is -0.364. The molecule has 4 heteroatoms. The summed E-state index contributed by atoms with van der Waals surface area (Å²) in [5.41, 5.74) is 1.36. The number of likely N-dealkylation sites (N-methyl/N-ethyl adjacent to an activating group) is 1. The van der Waals surface area contributed by atoms with Crippen molar-refractivity contribution >= 4 is 12.3 Å². The van der Waals surface area contributed by atoms with Gasteiger partial charge in [0.05, 0.1) is 13.4 Å². The zero-order valence-corrected chi connectivity index (χ0v) is 7.50. The van der Waals surface area contributed by atoms with Crippen LogP contribution in [-0.4, -0.2) is 37.9 Å². The van der Waals surface area contributed by atoms with Gasteiger partial charge in [-0.15, -0.1) is 0 Å². The van der Waals surface area contributed by atoms with Crippen LogP contribution >= 0.6 is 0 Å². The first-order valence-electron chi connectivity index (χ1n) is 3.67. The van der Waals surface area contributed by atoms with Crippen LogP contribution in [0.5, 0.6) is 0 Å². The van der Waals surface area contributed by atoms with Gasteiger partial charge in [-0.25, -0.2) is 9.79 Å². The lowest BCUT2D eigenvalue weighted by Crippen LogP contribution is -2.24. The molecular formula is C8H12N2O2. The molecule has 1 aliphatic heterocycles. The minimum Gasteiger partial charge on any atom is -0.464 e. The largest absolute Gasteiger partial charge is 0.464 e. The molecule has 0 amide bonds. The zero-order valence-electron chi connectivity index (χ0n) is 7.50. The number of esters is 1. The van der Waals surface area contributed by atoms with Gasteiger partial charge in [-0.2, -0.15) is 0 Å². The topological polar surface area (TPSA) is 41.9 Å². The Morgan fingerprint density at radius 2 is 2.42 bits per heavy atom. The number of ether oxygens (including phenoxy) is 1. The molecule has 0 radical (unpaired) electrons. The highest BCUT2D eigenvalue weighted by Crippen LogP contribution is 2.11. The summed E-state index contributed by atoms with van der Waals surface area (Å²) >= 11 is 0. The van der Waals surface area contributed by atoms with Gasteiger partial charge in [0.1, 0.15) is 0 Å². The van der Waals surface area contributed by atoms with Crippen molar-refractivity contribution in [1.29, 1.82) is 0 Å². The van der Waals surface area contributed by atoms with Gasteiger partial charge in [0.2, 0.25) is 0 Å². The third kappa shape index (κ3) is 1.64. The smallest absolute Gasteiger partial charge is 0.356 e. The van der Waals surface area contributed by atoms with Gasteiger partial charge in [-0.05, 0) is 12.5 Å². The number of nitrogens with zero attached hydrogens (tertiary/aromatic N) is 2. The quantitative estimate of drug-likeness (QED) is 0.532. The van der Waals surface area contributed by atoms with Gasteiger partial charge in [0.15, 0.2) is 5.70 Å². The van der Waals surface area contributed by atoms with Gasteiger partial charge >= 0.3 is 5.97 Å². The Bertz CT molecular complexity index is 256. The number of aliphatic imine (C=N–C) groups is 1. The van der Waals surface area contributed by atoms with E-state index in [0.29, 0.717) is 5.70 Å². The highest BCUT2D eigenvalue weighted by Gasteiger charge is 2.15. The van der Waals surface area contributed by atoms with Crippen LogP contribution in [0.15, 0.2) is 16.3 Å². The molecule has 0 bridgehead atoms. The van der Waals surface area contributed by atoms with E-state index in [1.807, 2.05) is 18.9 Å². The third-order valence-corrected chi connectivity index (χ3v) is 1.65. The Labute approximate surface area is 71.5 Å². The number of methoxy groups -OCH3 is 1. The van der Waals surface area contributed by atoms with Crippen molar-refractivity contribution in [2.45, 2.75) is 6.92 Å². The molecule has 1 heterocycles. The van der Waals surface area contributed by atoms with Crippen molar-refractivity contribution < 1.29 is 9.53 Å². The van der Waals surface area contributed by atoms with Gasteiger partial charge in [0.25, 0.3) is 0 Å². The molecule has 0 aromatic carbocycles. The van der Waals surface area contributed by atoms with Crippen molar-refractivity contribution in [2.24, 2.45) is 4.99 Å². The fourth-order valence-corrected chi connectivity index (χ4v) is 1.08. The lowest BCUT2D eigenvalue weighted by molar-refractivity contribution is -0.136. The fraction of sp³-hybridized carbons (Fsp3) is 0.500. The normalized spacial score (nSPS) is 16.8. The Morgan fingerprint density at radius 1 is 1.75 bits per heavy atom. The summed E-state index contributed by atoms with van der Waals surface area (Å²) in [6, 6.07) is 0. The molecule has 0 spiro atoms. The van der Waals surface area contributed by atoms with Crippen LogP contribution < -0.4 is 0 Å². The average Bonchev–Trinajstić information content (AvgIpc) is 2.03. The second-order valence-electron chi connectivity index (χ2n) is 2.78. The first kappa shape index (κ1) is 8.77. The van der Waals surface area contributed by atoms with Crippen LogP contribution in [0.1, 0.15) is 6.92 Å². The van der Waals surface area contributed by atoms with E-state index in [9.17, 15) is 4.79 Å². The second kappa shape index (κ2) is 3.38. The number of carbonyl (C=O) groups is 1. The number of hydrogen-bond acceptors (Lipinski definition) is 4. The van der Waals surface area contributed by atoms with Crippen LogP contribution in [0.4, 0.5) is 0 Å². The predicted octanol–water partition coefficient (Wildman–Crippen LogP) is 0.407. The van der Waals surface area contributed by atoms with E-state index < -0.39 is 0 Å². The SMILES string of the molecule is COC(=O)C1=C(C)CN(C)C=N1.